The number of sulfonamides is 1. The highest BCUT2D eigenvalue weighted by Gasteiger charge is 2.33. The molecular formula is C14H20N2O3S. The highest BCUT2D eigenvalue weighted by molar-refractivity contribution is 7.90. The molecule has 2 rings (SSSR count). The predicted molar refractivity (Wildman–Crippen MR) is 78.3 cm³/mol. The van der Waals surface area contributed by atoms with Crippen molar-refractivity contribution in [2.24, 2.45) is 4.40 Å². The molecule has 5 nitrogen and oxygen atoms in total. The second-order valence-corrected chi connectivity index (χ2v) is 6.35. The summed E-state index contributed by atoms with van der Waals surface area (Å²) >= 11 is 0. The van der Waals surface area contributed by atoms with Gasteiger partial charge in [-0.2, -0.15) is 8.42 Å². The summed E-state index contributed by atoms with van der Waals surface area (Å²) in [5, 5.41) is 9.27. The highest BCUT2D eigenvalue weighted by atomic mass is 32.2. The van der Waals surface area contributed by atoms with E-state index in [0.29, 0.717) is 17.9 Å². The lowest BCUT2D eigenvalue weighted by atomic mass is 10.1. The summed E-state index contributed by atoms with van der Waals surface area (Å²) in [5.41, 5.74) is 0.632. The zero-order valence-corrected chi connectivity index (χ0v) is 12.6. The molecule has 20 heavy (non-hydrogen) atoms. The molecule has 6 heteroatoms. The maximum Gasteiger partial charge on any atom is 0.285 e. The second kappa shape index (κ2) is 5.93. The van der Waals surface area contributed by atoms with Gasteiger partial charge in [0.15, 0.2) is 5.84 Å². The molecule has 0 spiro atoms. The van der Waals surface area contributed by atoms with Gasteiger partial charge >= 0.3 is 0 Å². The number of benzene rings is 1. The Balaban J connectivity index is 2.50. The van der Waals surface area contributed by atoms with Crippen LogP contribution in [0.5, 0.6) is 0 Å². The molecule has 1 aliphatic rings. The fourth-order valence-electron chi connectivity index (χ4n) is 2.59. The largest absolute Gasteiger partial charge is 0.395 e. The fraction of sp³-hybridized carbons (Fsp3) is 0.500. The van der Waals surface area contributed by atoms with Crippen molar-refractivity contribution in [2.45, 2.75) is 37.6 Å². The van der Waals surface area contributed by atoms with Crippen LogP contribution in [0.2, 0.25) is 0 Å². The summed E-state index contributed by atoms with van der Waals surface area (Å²) in [6, 6.07) is 7.01. The summed E-state index contributed by atoms with van der Waals surface area (Å²) in [6.07, 6.45) is 1.75. The van der Waals surface area contributed by atoms with Crippen molar-refractivity contribution >= 4 is 15.9 Å². The van der Waals surface area contributed by atoms with E-state index in [1.807, 2.05) is 4.90 Å². The first kappa shape index (κ1) is 15.0. The molecule has 0 saturated carbocycles. The molecule has 1 heterocycles. The summed E-state index contributed by atoms with van der Waals surface area (Å²) in [6.45, 7) is 4.45. The van der Waals surface area contributed by atoms with Crippen molar-refractivity contribution in [3.8, 4) is 0 Å². The second-order valence-electron chi connectivity index (χ2n) is 4.77. The Bertz CT molecular complexity index is 607. The fourth-order valence-corrected chi connectivity index (χ4v) is 3.81. The molecule has 1 aliphatic heterocycles. The van der Waals surface area contributed by atoms with E-state index < -0.39 is 10.0 Å². The van der Waals surface area contributed by atoms with Crippen LogP contribution in [0.3, 0.4) is 0 Å². The minimum absolute atomic E-state index is 0.0300. The number of rotatable bonds is 5. The number of aliphatic hydroxyl groups excluding tert-OH is 1. The minimum Gasteiger partial charge on any atom is -0.395 e. The molecule has 0 radical (unpaired) electrons. The lowest BCUT2D eigenvalue weighted by Crippen LogP contribution is -2.41. The van der Waals surface area contributed by atoms with Gasteiger partial charge in [0.1, 0.15) is 4.90 Å². The standard InChI is InChI=1S/C14H20N2O3S/c1-3-11(4-2)16(9-10-17)14-12-7-5-6-8-13(12)20(18,19)15-14/h5-8,11,17H,3-4,9-10H2,1-2H3. The van der Waals surface area contributed by atoms with E-state index >= 15 is 0 Å². The van der Waals surface area contributed by atoms with Gasteiger partial charge < -0.3 is 10.0 Å². The molecule has 0 bridgehead atoms. The van der Waals surface area contributed by atoms with E-state index in [-0.39, 0.29) is 17.5 Å². The number of fused-ring (bicyclic) bond motifs is 1. The van der Waals surface area contributed by atoms with E-state index in [1.165, 1.54) is 0 Å². The van der Waals surface area contributed by atoms with Crippen LogP contribution in [0.4, 0.5) is 0 Å². The Morgan fingerprint density at radius 1 is 1.25 bits per heavy atom. The van der Waals surface area contributed by atoms with E-state index in [4.69, 9.17) is 0 Å². The topological polar surface area (TPSA) is 70.0 Å². The van der Waals surface area contributed by atoms with Crippen molar-refractivity contribution in [3.05, 3.63) is 29.8 Å². The molecule has 1 N–H and O–H groups in total. The molecule has 110 valence electrons. The van der Waals surface area contributed by atoms with Crippen LogP contribution in [-0.2, 0) is 10.0 Å². The van der Waals surface area contributed by atoms with Crippen molar-refractivity contribution < 1.29 is 13.5 Å². The number of aliphatic hydroxyl groups is 1. The van der Waals surface area contributed by atoms with Crippen LogP contribution in [0.25, 0.3) is 0 Å². The van der Waals surface area contributed by atoms with Gasteiger partial charge in [-0.05, 0) is 25.0 Å². The van der Waals surface area contributed by atoms with Crippen LogP contribution in [0, 0.1) is 0 Å². The first-order valence-electron chi connectivity index (χ1n) is 6.87. The number of hydrogen-bond acceptors (Lipinski definition) is 4. The van der Waals surface area contributed by atoms with Gasteiger partial charge in [-0.3, -0.25) is 0 Å². The first-order valence-corrected chi connectivity index (χ1v) is 8.31. The quantitative estimate of drug-likeness (QED) is 0.896. The average Bonchev–Trinajstić information content (AvgIpc) is 2.72. The van der Waals surface area contributed by atoms with Gasteiger partial charge in [0.05, 0.1) is 6.61 Å². The average molecular weight is 296 g/mol. The van der Waals surface area contributed by atoms with E-state index in [2.05, 4.69) is 18.2 Å². The lowest BCUT2D eigenvalue weighted by Gasteiger charge is -2.31. The molecule has 1 aromatic rings. The van der Waals surface area contributed by atoms with Crippen LogP contribution in [0.1, 0.15) is 32.3 Å². The van der Waals surface area contributed by atoms with Crippen molar-refractivity contribution in [2.75, 3.05) is 13.2 Å². The van der Waals surface area contributed by atoms with Crippen LogP contribution in [0.15, 0.2) is 33.6 Å². The van der Waals surface area contributed by atoms with Gasteiger partial charge in [-0.25, -0.2) is 0 Å². The van der Waals surface area contributed by atoms with Crippen LogP contribution < -0.4 is 0 Å². The molecule has 0 amide bonds. The van der Waals surface area contributed by atoms with Gasteiger partial charge in [-0.1, -0.05) is 26.0 Å². The molecule has 0 saturated heterocycles. The minimum atomic E-state index is -3.60. The van der Waals surface area contributed by atoms with Crippen molar-refractivity contribution in [1.29, 1.82) is 0 Å². The van der Waals surface area contributed by atoms with Gasteiger partial charge in [0.25, 0.3) is 10.0 Å². The Labute approximate surface area is 120 Å². The molecular weight excluding hydrogens is 276 g/mol. The third kappa shape index (κ3) is 2.58. The Kier molecular flexibility index (Phi) is 4.45. The molecule has 0 aliphatic carbocycles. The molecule has 0 aromatic heterocycles. The van der Waals surface area contributed by atoms with Gasteiger partial charge in [0, 0.05) is 18.2 Å². The molecule has 0 atom stereocenters. The molecule has 0 unspecified atom stereocenters. The summed E-state index contributed by atoms with van der Waals surface area (Å²) in [7, 11) is -3.60. The summed E-state index contributed by atoms with van der Waals surface area (Å²) in [4.78, 5) is 2.16. The van der Waals surface area contributed by atoms with Gasteiger partial charge in [-0.15, -0.1) is 4.40 Å². The highest BCUT2D eigenvalue weighted by Crippen LogP contribution is 2.28. The smallest absolute Gasteiger partial charge is 0.285 e. The summed E-state index contributed by atoms with van der Waals surface area (Å²) < 4.78 is 28.1. The predicted octanol–water partition coefficient (Wildman–Crippen LogP) is 1.62. The maximum absolute atomic E-state index is 12.1. The monoisotopic (exact) mass is 296 g/mol. The van der Waals surface area contributed by atoms with Crippen molar-refractivity contribution in [1.82, 2.24) is 4.90 Å². The SMILES string of the molecule is CCC(CC)N(CCO)C1=NS(=O)(=O)c2ccccc21. The Morgan fingerprint density at radius 2 is 1.90 bits per heavy atom. The van der Waals surface area contributed by atoms with Crippen LogP contribution in [-0.4, -0.2) is 43.5 Å². The zero-order valence-electron chi connectivity index (χ0n) is 11.8. The molecule has 1 aromatic carbocycles. The first-order chi connectivity index (χ1) is 9.55. The van der Waals surface area contributed by atoms with E-state index in [9.17, 15) is 13.5 Å². The summed E-state index contributed by atoms with van der Waals surface area (Å²) in [5.74, 6) is 0.461. The number of hydrogen-bond donors (Lipinski definition) is 1. The van der Waals surface area contributed by atoms with Gasteiger partial charge in [0.2, 0.25) is 0 Å². The van der Waals surface area contributed by atoms with E-state index in [0.717, 1.165) is 12.8 Å². The Morgan fingerprint density at radius 3 is 2.50 bits per heavy atom. The van der Waals surface area contributed by atoms with E-state index in [1.54, 1.807) is 24.3 Å². The normalized spacial score (nSPS) is 16.1. The number of nitrogens with zero attached hydrogens (tertiary/aromatic N) is 2. The maximum atomic E-state index is 12.1. The Hall–Kier alpha value is -1.40. The van der Waals surface area contributed by atoms with Crippen LogP contribution >= 0.6 is 0 Å². The third-order valence-corrected chi connectivity index (χ3v) is 4.93. The molecule has 0 fully saturated rings. The number of amidine groups is 1. The zero-order chi connectivity index (χ0) is 14.8. The lowest BCUT2D eigenvalue weighted by molar-refractivity contribution is 0.213. The third-order valence-electron chi connectivity index (χ3n) is 3.61. The van der Waals surface area contributed by atoms with Crippen molar-refractivity contribution in [3.63, 3.8) is 0 Å².